The summed E-state index contributed by atoms with van der Waals surface area (Å²) in [6.07, 6.45) is 1.69. The monoisotopic (exact) mass is 293 g/mol. The first-order valence-corrected chi connectivity index (χ1v) is 6.90. The van der Waals surface area contributed by atoms with E-state index < -0.39 is 5.97 Å². The van der Waals surface area contributed by atoms with Crippen LogP contribution >= 0.6 is 0 Å². The SMILES string of the molecule is COc1cccc(/C=C2/N=C(c3ccccc3C)OC2=O)c1. The van der Waals surface area contributed by atoms with Gasteiger partial charge in [0.2, 0.25) is 5.90 Å². The minimum absolute atomic E-state index is 0.284. The number of hydrogen-bond acceptors (Lipinski definition) is 4. The molecule has 2 aromatic rings. The molecule has 0 saturated carbocycles. The van der Waals surface area contributed by atoms with Gasteiger partial charge in [0.25, 0.3) is 0 Å². The van der Waals surface area contributed by atoms with Crippen molar-refractivity contribution in [3.63, 3.8) is 0 Å². The van der Waals surface area contributed by atoms with E-state index in [0.717, 1.165) is 22.4 Å². The molecule has 0 unspecified atom stereocenters. The van der Waals surface area contributed by atoms with Gasteiger partial charge >= 0.3 is 5.97 Å². The number of carbonyl (C=O) groups is 1. The van der Waals surface area contributed by atoms with Crippen molar-refractivity contribution in [2.45, 2.75) is 6.92 Å². The molecule has 2 aromatic carbocycles. The average molecular weight is 293 g/mol. The lowest BCUT2D eigenvalue weighted by atomic mass is 10.1. The summed E-state index contributed by atoms with van der Waals surface area (Å²) >= 11 is 0. The van der Waals surface area contributed by atoms with Gasteiger partial charge in [-0.2, -0.15) is 0 Å². The maximum absolute atomic E-state index is 12.0. The molecule has 0 radical (unpaired) electrons. The van der Waals surface area contributed by atoms with E-state index in [1.165, 1.54) is 0 Å². The fraction of sp³-hybridized carbons (Fsp3) is 0.111. The van der Waals surface area contributed by atoms with Crippen molar-refractivity contribution in [2.75, 3.05) is 7.11 Å². The van der Waals surface area contributed by atoms with Gasteiger partial charge in [0.1, 0.15) is 5.75 Å². The van der Waals surface area contributed by atoms with Crippen LogP contribution in [0.4, 0.5) is 0 Å². The molecular weight excluding hydrogens is 278 g/mol. The second-order valence-corrected chi connectivity index (χ2v) is 4.93. The molecule has 1 heterocycles. The number of aryl methyl sites for hydroxylation is 1. The standard InChI is InChI=1S/C18H15NO3/c1-12-6-3-4-9-15(12)17-19-16(18(20)22-17)11-13-7-5-8-14(10-13)21-2/h3-11H,1-2H3/b16-11+. The van der Waals surface area contributed by atoms with Crippen molar-refractivity contribution in [1.82, 2.24) is 0 Å². The highest BCUT2D eigenvalue weighted by molar-refractivity contribution is 6.13. The Morgan fingerprint density at radius 2 is 1.95 bits per heavy atom. The molecule has 1 aliphatic rings. The molecule has 4 nitrogen and oxygen atoms in total. The second-order valence-electron chi connectivity index (χ2n) is 4.93. The van der Waals surface area contributed by atoms with Crippen molar-refractivity contribution in [1.29, 1.82) is 0 Å². The van der Waals surface area contributed by atoms with Crippen LogP contribution < -0.4 is 4.74 Å². The molecule has 0 spiro atoms. The first-order chi connectivity index (χ1) is 10.7. The topological polar surface area (TPSA) is 47.9 Å². The van der Waals surface area contributed by atoms with Gasteiger partial charge in [-0.3, -0.25) is 0 Å². The third kappa shape index (κ3) is 2.76. The van der Waals surface area contributed by atoms with Gasteiger partial charge < -0.3 is 9.47 Å². The number of carbonyl (C=O) groups excluding carboxylic acids is 1. The Morgan fingerprint density at radius 1 is 1.14 bits per heavy atom. The van der Waals surface area contributed by atoms with E-state index in [1.54, 1.807) is 13.2 Å². The maximum Gasteiger partial charge on any atom is 0.363 e. The smallest absolute Gasteiger partial charge is 0.363 e. The van der Waals surface area contributed by atoms with Crippen LogP contribution in [0.5, 0.6) is 5.75 Å². The summed E-state index contributed by atoms with van der Waals surface area (Å²) < 4.78 is 10.5. The van der Waals surface area contributed by atoms with E-state index in [-0.39, 0.29) is 5.70 Å². The lowest BCUT2D eigenvalue weighted by Gasteiger charge is -2.02. The molecule has 0 saturated heterocycles. The second kappa shape index (κ2) is 5.85. The van der Waals surface area contributed by atoms with E-state index in [0.29, 0.717) is 5.90 Å². The van der Waals surface area contributed by atoms with Crippen molar-refractivity contribution >= 4 is 17.9 Å². The molecule has 3 rings (SSSR count). The zero-order valence-electron chi connectivity index (χ0n) is 12.4. The summed E-state index contributed by atoms with van der Waals surface area (Å²) in [7, 11) is 1.60. The highest BCUT2D eigenvalue weighted by atomic mass is 16.6. The highest BCUT2D eigenvalue weighted by Gasteiger charge is 2.24. The molecule has 0 atom stereocenters. The first-order valence-electron chi connectivity index (χ1n) is 6.90. The van der Waals surface area contributed by atoms with Crippen LogP contribution in [-0.4, -0.2) is 19.0 Å². The number of ether oxygens (including phenoxy) is 2. The number of aliphatic imine (C=N–C) groups is 1. The highest BCUT2D eigenvalue weighted by Crippen LogP contribution is 2.22. The molecule has 22 heavy (non-hydrogen) atoms. The van der Waals surface area contributed by atoms with Crippen LogP contribution in [0.3, 0.4) is 0 Å². The van der Waals surface area contributed by atoms with E-state index in [1.807, 2.05) is 55.5 Å². The predicted octanol–water partition coefficient (Wildman–Crippen LogP) is 3.35. The number of methoxy groups -OCH3 is 1. The van der Waals surface area contributed by atoms with Gasteiger partial charge in [0.05, 0.1) is 7.11 Å². The number of esters is 1. The molecule has 0 aromatic heterocycles. The van der Waals surface area contributed by atoms with E-state index in [2.05, 4.69) is 4.99 Å². The molecule has 0 aliphatic carbocycles. The van der Waals surface area contributed by atoms with Crippen LogP contribution in [0.1, 0.15) is 16.7 Å². The Kier molecular flexibility index (Phi) is 3.74. The fourth-order valence-corrected chi connectivity index (χ4v) is 2.23. The molecule has 0 fully saturated rings. The van der Waals surface area contributed by atoms with Crippen molar-refractivity contribution < 1.29 is 14.3 Å². The maximum atomic E-state index is 12.0. The van der Waals surface area contributed by atoms with Crippen molar-refractivity contribution in [3.8, 4) is 5.75 Å². The first kappa shape index (κ1) is 14.1. The Hall–Kier alpha value is -2.88. The molecule has 4 heteroatoms. The number of hydrogen-bond donors (Lipinski definition) is 0. The quantitative estimate of drug-likeness (QED) is 0.644. The number of cyclic esters (lactones) is 1. The Labute approximate surface area is 128 Å². The lowest BCUT2D eigenvalue weighted by Crippen LogP contribution is -2.06. The van der Waals surface area contributed by atoms with Gasteiger partial charge in [0, 0.05) is 5.56 Å². The summed E-state index contributed by atoms with van der Waals surface area (Å²) in [5.41, 5.74) is 2.95. The third-order valence-electron chi connectivity index (χ3n) is 3.39. The Morgan fingerprint density at radius 3 is 2.73 bits per heavy atom. The summed E-state index contributed by atoms with van der Waals surface area (Å²) in [4.78, 5) is 16.3. The van der Waals surface area contributed by atoms with Crippen molar-refractivity contribution in [2.24, 2.45) is 4.99 Å². The van der Waals surface area contributed by atoms with Crippen molar-refractivity contribution in [3.05, 3.63) is 70.9 Å². The summed E-state index contributed by atoms with van der Waals surface area (Å²) in [5.74, 6) is 0.627. The summed E-state index contributed by atoms with van der Waals surface area (Å²) in [6, 6.07) is 15.1. The molecule has 0 bridgehead atoms. The molecular formula is C18H15NO3. The molecule has 0 amide bonds. The number of benzene rings is 2. The Balaban J connectivity index is 1.96. The van der Waals surface area contributed by atoms with E-state index in [4.69, 9.17) is 9.47 Å². The van der Waals surface area contributed by atoms with Gasteiger partial charge in [0.15, 0.2) is 5.70 Å². The predicted molar refractivity (Wildman–Crippen MR) is 84.8 cm³/mol. The summed E-state index contributed by atoms with van der Waals surface area (Å²) in [6.45, 7) is 1.95. The zero-order valence-corrected chi connectivity index (χ0v) is 12.4. The fourth-order valence-electron chi connectivity index (χ4n) is 2.23. The van der Waals surface area contributed by atoms with Gasteiger partial charge in [-0.1, -0.05) is 30.3 Å². The molecule has 110 valence electrons. The van der Waals surface area contributed by atoms with Gasteiger partial charge in [-0.25, -0.2) is 9.79 Å². The van der Waals surface area contributed by atoms with Crippen LogP contribution in [0.15, 0.2) is 59.2 Å². The van der Waals surface area contributed by atoms with E-state index in [9.17, 15) is 4.79 Å². The summed E-state index contributed by atoms with van der Waals surface area (Å²) in [5, 5.41) is 0. The van der Waals surface area contributed by atoms with Crippen LogP contribution in [0.2, 0.25) is 0 Å². The zero-order chi connectivity index (χ0) is 15.5. The average Bonchev–Trinajstić information content (AvgIpc) is 2.89. The molecule has 1 aliphatic heterocycles. The van der Waals surface area contributed by atoms with Crippen LogP contribution in [0, 0.1) is 6.92 Å². The van der Waals surface area contributed by atoms with Gasteiger partial charge in [-0.05, 0) is 42.3 Å². The number of nitrogens with zero attached hydrogens (tertiary/aromatic N) is 1. The third-order valence-corrected chi connectivity index (χ3v) is 3.39. The minimum Gasteiger partial charge on any atom is -0.497 e. The largest absolute Gasteiger partial charge is 0.497 e. The van der Waals surface area contributed by atoms with Crippen LogP contribution in [0.25, 0.3) is 6.08 Å². The normalized spacial score (nSPS) is 15.6. The lowest BCUT2D eigenvalue weighted by molar-refractivity contribution is -0.129. The molecule has 0 N–H and O–H groups in total. The number of rotatable bonds is 3. The van der Waals surface area contributed by atoms with E-state index >= 15 is 0 Å². The van der Waals surface area contributed by atoms with Crippen LogP contribution in [-0.2, 0) is 9.53 Å². The minimum atomic E-state index is -0.443. The van der Waals surface area contributed by atoms with Gasteiger partial charge in [-0.15, -0.1) is 0 Å². The Bertz CT molecular complexity index is 790.